The van der Waals surface area contributed by atoms with Crippen LogP contribution in [0.4, 0.5) is 0 Å². The van der Waals surface area contributed by atoms with E-state index in [2.05, 4.69) is 38.0 Å². The first-order chi connectivity index (χ1) is 7.09. The van der Waals surface area contributed by atoms with Crippen LogP contribution >= 0.6 is 11.3 Å². The lowest BCUT2D eigenvalue weighted by Gasteiger charge is -2.15. The average Bonchev–Trinajstić information content (AvgIpc) is 2.50. The third kappa shape index (κ3) is 4.76. The van der Waals surface area contributed by atoms with E-state index in [0.717, 1.165) is 18.9 Å². The first-order valence-corrected chi connectivity index (χ1v) is 6.60. The van der Waals surface area contributed by atoms with E-state index < -0.39 is 0 Å². The summed E-state index contributed by atoms with van der Waals surface area (Å²) in [6.45, 7) is 9.96. The van der Waals surface area contributed by atoms with Gasteiger partial charge in [-0.25, -0.2) is 4.98 Å². The van der Waals surface area contributed by atoms with Crippen LogP contribution in [0, 0.1) is 12.8 Å². The van der Waals surface area contributed by atoms with Gasteiger partial charge in [0.25, 0.3) is 0 Å². The Morgan fingerprint density at radius 2 is 2.13 bits per heavy atom. The van der Waals surface area contributed by atoms with Crippen LogP contribution in [-0.2, 0) is 6.42 Å². The molecule has 0 aliphatic rings. The zero-order valence-corrected chi connectivity index (χ0v) is 11.0. The zero-order valence-electron chi connectivity index (χ0n) is 10.2. The topological polar surface area (TPSA) is 24.9 Å². The van der Waals surface area contributed by atoms with Gasteiger partial charge in [0.2, 0.25) is 0 Å². The first-order valence-electron chi connectivity index (χ1n) is 5.72. The van der Waals surface area contributed by atoms with Crippen molar-refractivity contribution in [3.8, 4) is 0 Å². The van der Waals surface area contributed by atoms with Crippen molar-refractivity contribution in [2.75, 3.05) is 6.54 Å². The lowest BCUT2D eigenvalue weighted by atomic mass is 10.1. The van der Waals surface area contributed by atoms with Gasteiger partial charge in [0, 0.05) is 17.5 Å². The largest absolute Gasteiger partial charge is 0.314 e. The fraction of sp³-hybridized carbons (Fsp3) is 0.750. The summed E-state index contributed by atoms with van der Waals surface area (Å²) in [5.41, 5.74) is 3.13. The Morgan fingerprint density at radius 3 is 2.67 bits per heavy atom. The maximum atomic E-state index is 4.25. The molecule has 0 aromatic carbocycles. The SMILES string of the molecule is Cc1ncsc1CCNC(C)CC(C)C. The maximum Gasteiger partial charge on any atom is 0.0797 e. The van der Waals surface area contributed by atoms with Crippen molar-refractivity contribution < 1.29 is 0 Å². The lowest BCUT2D eigenvalue weighted by Crippen LogP contribution is -2.29. The highest BCUT2D eigenvalue weighted by molar-refractivity contribution is 7.09. The van der Waals surface area contributed by atoms with E-state index in [1.54, 1.807) is 11.3 Å². The zero-order chi connectivity index (χ0) is 11.3. The van der Waals surface area contributed by atoms with E-state index >= 15 is 0 Å². The molecule has 86 valence electrons. The molecule has 15 heavy (non-hydrogen) atoms. The van der Waals surface area contributed by atoms with E-state index in [1.807, 2.05) is 5.51 Å². The van der Waals surface area contributed by atoms with E-state index in [0.29, 0.717) is 6.04 Å². The second-order valence-corrected chi connectivity index (χ2v) is 5.53. The minimum atomic E-state index is 0.623. The van der Waals surface area contributed by atoms with Gasteiger partial charge in [0.1, 0.15) is 0 Å². The second-order valence-electron chi connectivity index (χ2n) is 4.60. The summed E-state index contributed by atoms with van der Waals surface area (Å²) >= 11 is 1.76. The number of aryl methyl sites for hydroxylation is 1. The summed E-state index contributed by atoms with van der Waals surface area (Å²) in [5, 5.41) is 3.56. The molecule has 0 amide bonds. The number of nitrogens with one attached hydrogen (secondary N) is 1. The Bertz CT molecular complexity index is 281. The summed E-state index contributed by atoms with van der Waals surface area (Å²) in [5.74, 6) is 0.776. The quantitative estimate of drug-likeness (QED) is 0.806. The number of hydrogen-bond donors (Lipinski definition) is 1. The molecule has 1 aromatic rings. The molecule has 0 radical (unpaired) electrons. The molecule has 0 aliphatic carbocycles. The Morgan fingerprint density at radius 1 is 1.40 bits per heavy atom. The van der Waals surface area contributed by atoms with Gasteiger partial charge in [0.15, 0.2) is 0 Å². The van der Waals surface area contributed by atoms with Crippen LogP contribution in [0.15, 0.2) is 5.51 Å². The highest BCUT2D eigenvalue weighted by atomic mass is 32.1. The molecule has 0 spiro atoms. The van der Waals surface area contributed by atoms with Gasteiger partial charge >= 0.3 is 0 Å². The molecule has 1 heterocycles. The molecule has 0 fully saturated rings. The van der Waals surface area contributed by atoms with Crippen molar-refractivity contribution in [2.45, 2.75) is 46.6 Å². The van der Waals surface area contributed by atoms with Crippen molar-refractivity contribution in [1.29, 1.82) is 0 Å². The summed E-state index contributed by atoms with van der Waals surface area (Å²) < 4.78 is 0. The third-order valence-corrected chi connectivity index (χ3v) is 3.51. The monoisotopic (exact) mass is 226 g/mol. The number of thiazole rings is 1. The van der Waals surface area contributed by atoms with E-state index in [4.69, 9.17) is 0 Å². The van der Waals surface area contributed by atoms with Crippen LogP contribution in [0.25, 0.3) is 0 Å². The van der Waals surface area contributed by atoms with Crippen LogP contribution in [0.2, 0.25) is 0 Å². The average molecular weight is 226 g/mol. The number of nitrogens with zero attached hydrogens (tertiary/aromatic N) is 1. The van der Waals surface area contributed by atoms with E-state index in [-0.39, 0.29) is 0 Å². The van der Waals surface area contributed by atoms with Gasteiger partial charge in [-0.1, -0.05) is 13.8 Å². The van der Waals surface area contributed by atoms with Gasteiger partial charge in [-0.15, -0.1) is 11.3 Å². The Hall–Kier alpha value is -0.410. The van der Waals surface area contributed by atoms with Crippen molar-refractivity contribution >= 4 is 11.3 Å². The van der Waals surface area contributed by atoms with Gasteiger partial charge in [0.05, 0.1) is 11.2 Å². The molecule has 1 rings (SSSR count). The predicted molar refractivity (Wildman–Crippen MR) is 67.5 cm³/mol. The molecule has 1 aromatic heterocycles. The summed E-state index contributed by atoms with van der Waals surface area (Å²) in [7, 11) is 0. The van der Waals surface area contributed by atoms with Gasteiger partial charge in [-0.3, -0.25) is 0 Å². The van der Waals surface area contributed by atoms with Gasteiger partial charge in [-0.05, 0) is 32.6 Å². The fourth-order valence-electron chi connectivity index (χ4n) is 1.79. The standard InChI is InChI=1S/C12H22N2S/c1-9(2)7-10(3)13-6-5-12-11(4)14-8-15-12/h8-10,13H,5-7H2,1-4H3. The van der Waals surface area contributed by atoms with Gasteiger partial charge in [-0.2, -0.15) is 0 Å². The molecule has 0 aliphatic heterocycles. The van der Waals surface area contributed by atoms with Crippen LogP contribution in [-0.4, -0.2) is 17.6 Å². The molecule has 0 saturated heterocycles. The highest BCUT2D eigenvalue weighted by Gasteiger charge is 2.05. The van der Waals surface area contributed by atoms with Crippen molar-refractivity contribution in [3.05, 3.63) is 16.1 Å². The van der Waals surface area contributed by atoms with Crippen molar-refractivity contribution in [3.63, 3.8) is 0 Å². The molecule has 0 bridgehead atoms. The molecular weight excluding hydrogens is 204 g/mol. The second kappa shape index (κ2) is 6.23. The first kappa shape index (κ1) is 12.7. The van der Waals surface area contributed by atoms with Crippen LogP contribution < -0.4 is 5.32 Å². The minimum absolute atomic E-state index is 0.623. The Labute approximate surface area is 97.1 Å². The Balaban J connectivity index is 2.19. The van der Waals surface area contributed by atoms with Crippen molar-refractivity contribution in [1.82, 2.24) is 10.3 Å². The summed E-state index contributed by atoms with van der Waals surface area (Å²) in [6.07, 6.45) is 2.36. The molecular formula is C12H22N2S. The molecule has 1 unspecified atom stereocenters. The molecule has 1 N–H and O–H groups in total. The Kier molecular flexibility index (Phi) is 5.26. The van der Waals surface area contributed by atoms with E-state index in [9.17, 15) is 0 Å². The lowest BCUT2D eigenvalue weighted by molar-refractivity contribution is 0.445. The molecule has 3 heteroatoms. The molecule has 2 nitrogen and oxygen atoms in total. The maximum absolute atomic E-state index is 4.25. The molecule has 1 atom stereocenters. The molecule has 0 saturated carbocycles. The summed E-state index contributed by atoms with van der Waals surface area (Å²) in [4.78, 5) is 5.67. The highest BCUT2D eigenvalue weighted by Crippen LogP contribution is 2.12. The van der Waals surface area contributed by atoms with Crippen LogP contribution in [0.1, 0.15) is 37.8 Å². The van der Waals surface area contributed by atoms with Crippen LogP contribution in [0.5, 0.6) is 0 Å². The van der Waals surface area contributed by atoms with E-state index in [1.165, 1.54) is 17.0 Å². The van der Waals surface area contributed by atoms with Crippen LogP contribution in [0.3, 0.4) is 0 Å². The minimum Gasteiger partial charge on any atom is -0.314 e. The normalized spacial score (nSPS) is 13.4. The predicted octanol–water partition coefficient (Wildman–Crippen LogP) is 3.02. The third-order valence-electron chi connectivity index (χ3n) is 2.51. The number of hydrogen-bond acceptors (Lipinski definition) is 3. The fourth-order valence-corrected chi connectivity index (χ4v) is 2.57. The number of rotatable bonds is 6. The van der Waals surface area contributed by atoms with Crippen molar-refractivity contribution in [2.24, 2.45) is 5.92 Å². The van der Waals surface area contributed by atoms with Gasteiger partial charge < -0.3 is 5.32 Å². The summed E-state index contributed by atoms with van der Waals surface area (Å²) in [6, 6.07) is 0.623. The number of aromatic nitrogens is 1. The smallest absolute Gasteiger partial charge is 0.0797 e.